The first-order valence-corrected chi connectivity index (χ1v) is 7.27. The summed E-state index contributed by atoms with van der Waals surface area (Å²) in [6.45, 7) is 3.34. The Kier molecular flexibility index (Phi) is 5.10. The fourth-order valence-corrected chi connectivity index (χ4v) is 2.06. The number of hydrogen-bond donors (Lipinski definition) is 1. The van der Waals surface area contributed by atoms with Crippen molar-refractivity contribution in [2.45, 2.75) is 13.8 Å². The van der Waals surface area contributed by atoms with Gasteiger partial charge in [0.1, 0.15) is 13.1 Å². The van der Waals surface area contributed by atoms with E-state index >= 15 is 0 Å². The molecule has 0 unspecified atom stereocenters. The Morgan fingerprint density at radius 3 is 2.22 bits per heavy atom. The zero-order valence-corrected chi connectivity index (χ0v) is 13.0. The van der Waals surface area contributed by atoms with Crippen LogP contribution in [0.15, 0.2) is 24.3 Å². The van der Waals surface area contributed by atoms with E-state index in [2.05, 4.69) is 5.32 Å². The molecule has 2 rings (SSSR count). The molecule has 0 aromatic heterocycles. The second-order valence-corrected chi connectivity index (χ2v) is 5.60. The minimum atomic E-state index is -0.596. The van der Waals surface area contributed by atoms with Crippen molar-refractivity contribution in [2.75, 3.05) is 19.7 Å². The number of carbonyl (C=O) groups excluding carboxylic acids is 4. The van der Waals surface area contributed by atoms with Crippen LogP contribution in [0.3, 0.4) is 0 Å². The fourth-order valence-electron chi connectivity index (χ4n) is 2.06. The van der Waals surface area contributed by atoms with Gasteiger partial charge in [0.15, 0.2) is 0 Å². The molecule has 1 N–H and O–H groups in total. The molecular formula is C16H18N2O5. The summed E-state index contributed by atoms with van der Waals surface area (Å²) in [5.41, 5.74) is 0.559. The van der Waals surface area contributed by atoms with Crippen LogP contribution in [0, 0.1) is 5.92 Å². The third kappa shape index (κ3) is 3.94. The highest BCUT2D eigenvalue weighted by Gasteiger charge is 2.36. The monoisotopic (exact) mass is 318 g/mol. The van der Waals surface area contributed by atoms with Crippen LogP contribution in [0.25, 0.3) is 0 Å². The molecule has 0 saturated carbocycles. The molecule has 1 aliphatic rings. The van der Waals surface area contributed by atoms with Crippen LogP contribution in [-0.2, 0) is 14.3 Å². The largest absolute Gasteiger partial charge is 0.464 e. The van der Waals surface area contributed by atoms with Crippen LogP contribution < -0.4 is 5.32 Å². The van der Waals surface area contributed by atoms with Gasteiger partial charge in [-0.3, -0.25) is 24.1 Å². The van der Waals surface area contributed by atoms with E-state index in [1.807, 2.05) is 13.8 Å². The number of benzene rings is 1. The van der Waals surface area contributed by atoms with Crippen LogP contribution >= 0.6 is 0 Å². The summed E-state index contributed by atoms with van der Waals surface area (Å²) in [5, 5.41) is 2.34. The van der Waals surface area contributed by atoms with Gasteiger partial charge in [-0.2, -0.15) is 0 Å². The van der Waals surface area contributed by atoms with Crippen molar-refractivity contribution in [1.82, 2.24) is 10.2 Å². The Morgan fingerprint density at radius 2 is 1.70 bits per heavy atom. The van der Waals surface area contributed by atoms with Gasteiger partial charge in [-0.15, -0.1) is 0 Å². The van der Waals surface area contributed by atoms with Gasteiger partial charge in [-0.05, 0) is 18.1 Å². The lowest BCUT2D eigenvalue weighted by Gasteiger charge is -2.13. The van der Waals surface area contributed by atoms with Crippen molar-refractivity contribution in [3.05, 3.63) is 35.4 Å². The number of carbonyl (C=O) groups is 4. The Bertz CT molecular complexity index is 619. The Hall–Kier alpha value is -2.70. The molecule has 7 nitrogen and oxygen atoms in total. The first-order valence-electron chi connectivity index (χ1n) is 7.27. The van der Waals surface area contributed by atoms with E-state index in [4.69, 9.17) is 4.74 Å². The van der Waals surface area contributed by atoms with E-state index in [-0.39, 0.29) is 30.2 Å². The van der Waals surface area contributed by atoms with Crippen LogP contribution in [0.1, 0.15) is 34.6 Å². The van der Waals surface area contributed by atoms with Crippen molar-refractivity contribution in [1.29, 1.82) is 0 Å². The Balaban J connectivity index is 1.86. The number of ether oxygens (including phenoxy) is 1. The summed E-state index contributed by atoms with van der Waals surface area (Å²) >= 11 is 0. The molecule has 1 aromatic carbocycles. The van der Waals surface area contributed by atoms with Gasteiger partial charge in [-0.1, -0.05) is 26.0 Å². The Labute approximate surface area is 133 Å². The fraction of sp³-hybridized carbons (Fsp3) is 0.375. The summed E-state index contributed by atoms with van der Waals surface area (Å²) in [6, 6.07) is 6.38. The van der Waals surface area contributed by atoms with Gasteiger partial charge in [-0.25, -0.2) is 0 Å². The van der Waals surface area contributed by atoms with Gasteiger partial charge in [0.05, 0.1) is 17.7 Å². The quantitative estimate of drug-likeness (QED) is 0.612. The molecule has 7 heteroatoms. The molecule has 1 heterocycles. The topological polar surface area (TPSA) is 92.8 Å². The standard InChI is InChI=1S/C16H18N2O5/c1-10(2)9-23-14(20)7-17-13(19)8-18-15(21)11-5-3-4-6-12(11)16(18)22/h3-6,10H,7-9H2,1-2H3,(H,17,19). The summed E-state index contributed by atoms with van der Waals surface area (Å²) in [7, 11) is 0. The minimum absolute atomic E-state index is 0.202. The van der Waals surface area contributed by atoms with Gasteiger partial charge in [0, 0.05) is 0 Å². The highest BCUT2D eigenvalue weighted by atomic mass is 16.5. The molecule has 0 aliphatic carbocycles. The maximum absolute atomic E-state index is 12.1. The number of amides is 3. The van der Waals surface area contributed by atoms with E-state index in [0.29, 0.717) is 0 Å². The molecule has 1 aliphatic heterocycles. The SMILES string of the molecule is CC(C)COC(=O)CNC(=O)CN1C(=O)c2ccccc2C1=O. The maximum Gasteiger partial charge on any atom is 0.325 e. The first-order chi connectivity index (χ1) is 10.9. The van der Waals surface area contributed by atoms with Gasteiger partial charge in [0.2, 0.25) is 5.91 Å². The summed E-state index contributed by atoms with van der Waals surface area (Å²) in [5.74, 6) is -1.98. The average molecular weight is 318 g/mol. The highest BCUT2D eigenvalue weighted by molar-refractivity contribution is 6.22. The van der Waals surface area contributed by atoms with Crippen LogP contribution in [0.2, 0.25) is 0 Å². The number of imide groups is 1. The molecule has 0 radical (unpaired) electrons. The molecule has 0 bridgehead atoms. The van der Waals surface area contributed by atoms with Gasteiger partial charge < -0.3 is 10.1 Å². The number of rotatable bonds is 6. The van der Waals surface area contributed by atoms with E-state index in [1.54, 1.807) is 12.1 Å². The van der Waals surface area contributed by atoms with Gasteiger partial charge in [0.25, 0.3) is 11.8 Å². The molecule has 1 aromatic rings. The number of hydrogen-bond acceptors (Lipinski definition) is 5. The van der Waals surface area contributed by atoms with Crippen molar-refractivity contribution in [3.8, 4) is 0 Å². The van der Waals surface area contributed by atoms with Crippen molar-refractivity contribution < 1.29 is 23.9 Å². The van der Waals surface area contributed by atoms with E-state index in [1.165, 1.54) is 12.1 Å². The zero-order chi connectivity index (χ0) is 17.0. The van der Waals surface area contributed by atoms with Crippen LogP contribution in [0.4, 0.5) is 0 Å². The second-order valence-electron chi connectivity index (χ2n) is 5.60. The number of nitrogens with zero attached hydrogens (tertiary/aromatic N) is 1. The molecule has 122 valence electrons. The summed E-state index contributed by atoms with van der Waals surface area (Å²) in [6.07, 6.45) is 0. The van der Waals surface area contributed by atoms with Crippen LogP contribution in [-0.4, -0.2) is 48.3 Å². The van der Waals surface area contributed by atoms with Gasteiger partial charge >= 0.3 is 5.97 Å². The highest BCUT2D eigenvalue weighted by Crippen LogP contribution is 2.21. The lowest BCUT2D eigenvalue weighted by atomic mass is 10.1. The molecular weight excluding hydrogens is 300 g/mol. The van der Waals surface area contributed by atoms with E-state index in [0.717, 1.165) is 4.90 Å². The number of esters is 1. The number of fused-ring (bicyclic) bond motifs is 1. The molecule has 3 amide bonds. The van der Waals surface area contributed by atoms with Crippen molar-refractivity contribution in [2.24, 2.45) is 5.92 Å². The Morgan fingerprint density at radius 1 is 1.13 bits per heavy atom. The predicted octanol–water partition coefficient (Wildman–Crippen LogP) is 0.598. The maximum atomic E-state index is 12.1. The lowest BCUT2D eigenvalue weighted by molar-refractivity contribution is -0.144. The summed E-state index contributed by atoms with van der Waals surface area (Å²) < 4.78 is 4.92. The normalized spacial score (nSPS) is 13.3. The van der Waals surface area contributed by atoms with Crippen LogP contribution in [0.5, 0.6) is 0 Å². The zero-order valence-electron chi connectivity index (χ0n) is 13.0. The molecule has 0 fully saturated rings. The van der Waals surface area contributed by atoms with Crippen molar-refractivity contribution in [3.63, 3.8) is 0 Å². The van der Waals surface area contributed by atoms with Crippen molar-refractivity contribution >= 4 is 23.7 Å². The third-order valence-electron chi connectivity index (χ3n) is 3.19. The van der Waals surface area contributed by atoms with E-state index in [9.17, 15) is 19.2 Å². The third-order valence-corrected chi connectivity index (χ3v) is 3.19. The molecule has 0 atom stereocenters. The molecule has 0 spiro atoms. The van der Waals surface area contributed by atoms with E-state index < -0.39 is 30.2 Å². The number of nitrogens with one attached hydrogen (secondary N) is 1. The predicted molar refractivity (Wildman–Crippen MR) is 80.6 cm³/mol. The smallest absolute Gasteiger partial charge is 0.325 e. The second kappa shape index (κ2) is 7.04. The summed E-state index contributed by atoms with van der Waals surface area (Å²) in [4.78, 5) is 48.3. The molecule has 23 heavy (non-hydrogen) atoms. The molecule has 0 saturated heterocycles. The first kappa shape index (κ1) is 16.7. The minimum Gasteiger partial charge on any atom is -0.464 e. The average Bonchev–Trinajstić information content (AvgIpc) is 2.76. The lowest BCUT2D eigenvalue weighted by Crippen LogP contribution is -2.42.